The average molecular weight is 351 g/mol. The zero-order valence-electron chi connectivity index (χ0n) is 13.2. The molecule has 4 nitrogen and oxygen atoms in total. The maximum atomic E-state index is 12.3. The van der Waals surface area contributed by atoms with Crippen molar-refractivity contribution in [2.45, 2.75) is 25.7 Å². The lowest BCUT2D eigenvalue weighted by Gasteiger charge is -2.12. The van der Waals surface area contributed by atoms with Crippen LogP contribution in [0.5, 0.6) is 0 Å². The van der Waals surface area contributed by atoms with Crippen LogP contribution in [0.4, 0.5) is 0 Å². The van der Waals surface area contributed by atoms with Gasteiger partial charge in [-0.3, -0.25) is 0 Å². The van der Waals surface area contributed by atoms with Crippen LogP contribution in [0, 0.1) is 12.8 Å². The lowest BCUT2D eigenvalue weighted by Crippen LogP contribution is -2.22. The van der Waals surface area contributed by atoms with Crippen molar-refractivity contribution in [1.29, 1.82) is 0 Å². The Morgan fingerprint density at radius 1 is 1.04 bits per heavy atom. The van der Waals surface area contributed by atoms with Crippen LogP contribution in [0.1, 0.15) is 25.0 Å². The van der Waals surface area contributed by atoms with Crippen molar-refractivity contribution in [3.05, 3.63) is 64.7 Å². The fourth-order valence-corrected chi connectivity index (χ4v) is 2.97. The lowest BCUT2D eigenvalue weighted by atomic mass is 10.0. The van der Waals surface area contributed by atoms with Crippen molar-refractivity contribution in [2.75, 3.05) is 0 Å². The topological polar surface area (TPSA) is 58.5 Å². The fourth-order valence-electron chi connectivity index (χ4n) is 2.03. The van der Waals surface area contributed by atoms with Gasteiger partial charge in [0.2, 0.25) is 0 Å². The molecule has 0 aliphatic carbocycles. The van der Waals surface area contributed by atoms with Gasteiger partial charge in [0.25, 0.3) is 10.0 Å². The summed E-state index contributed by atoms with van der Waals surface area (Å²) in [5.41, 5.74) is 2.48. The molecule has 6 heteroatoms. The van der Waals surface area contributed by atoms with Crippen LogP contribution in [0.25, 0.3) is 0 Å². The summed E-state index contributed by atoms with van der Waals surface area (Å²) in [6.07, 6.45) is 0. The Hall–Kier alpha value is -1.85. The molecular weight excluding hydrogens is 332 g/mol. The first-order valence-electron chi connectivity index (χ1n) is 7.21. The summed E-state index contributed by atoms with van der Waals surface area (Å²) in [5.74, 6) is 0.0527. The third-order valence-corrected chi connectivity index (χ3v) is 4.78. The molecule has 0 atom stereocenters. The number of sulfonamides is 1. The summed E-state index contributed by atoms with van der Waals surface area (Å²) in [6.45, 7) is 5.81. The van der Waals surface area contributed by atoms with Crippen LogP contribution >= 0.6 is 11.6 Å². The normalized spacial score (nSPS) is 12.5. The van der Waals surface area contributed by atoms with Crippen LogP contribution in [-0.2, 0) is 10.0 Å². The van der Waals surface area contributed by atoms with Crippen LogP contribution in [0.2, 0.25) is 5.02 Å². The number of aryl methyl sites for hydroxylation is 1. The molecule has 0 unspecified atom stereocenters. The van der Waals surface area contributed by atoms with Crippen molar-refractivity contribution in [1.82, 2.24) is 4.83 Å². The molecule has 0 bridgehead atoms. The molecule has 23 heavy (non-hydrogen) atoms. The van der Waals surface area contributed by atoms with E-state index in [4.69, 9.17) is 11.6 Å². The Labute approximate surface area is 142 Å². The third-order valence-electron chi connectivity index (χ3n) is 3.30. The van der Waals surface area contributed by atoms with Gasteiger partial charge >= 0.3 is 0 Å². The summed E-state index contributed by atoms with van der Waals surface area (Å²) in [6, 6.07) is 13.8. The molecule has 0 fully saturated rings. The number of hydrogen-bond acceptors (Lipinski definition) is 3. The minimum atomic E-state index is -3.69. The molecule has 0 spiro atoms. The van der Waals surface area contributed by atoms with Crippen LogP contribution in [0.15, 0.2) is 58.5 Å². The van der Waals surface area contributed by atoms with E-state index >= 15 is 0 Å². The van der Waals surface area contributed by atoms with Crippen molar-refractivity contribution in [2.24, 2.45) is 11.0 Å². The van der Waals surface area contributed by atoms with E-state index in [0.717, 1.165) is 11.1 Å². The van der Waals surface area contributed by atoms with Gasteiger partial charge in [-0.05, 0) is 42.7 Å². The Bertz CT molecular complexity index is 795. The Morgan fingerprint density at radius 3 is 2.13 bits per heavy atom. The number of nitrogens with zero attached hydrogens (tertiary/aromatic N) is 1. The summed E-state index contributed by atoms with van der Waals surface area (Å²) >= 11 is 5.89. The highest BCUT2D eigenvalue weighted by atomic mass is 35.5. The van der Waals surface area contributed by atoms with Gasteiger partial charge in [0.1, 0.15) is 0 Å². The molecule has 0 radical (unpaired) electrons. The van der Waals surface area contributed by atoms with Crippen molar-refractivity contribution in [3.63, 3.8) is 0 Å². The SMILES string of the molecule is Cc1ccc(S(=O)(=O)N/N=C(/c2ccc(Cl)cc2)C(C)C)cc1. The second-order valence-corrected chi connectivity index (χ2v) is 7.66. The molecule has 2 aromatic rings. The zero-order chi connectivity index (χ0) is 17.0. The summed E-state index contributed by atoms with van der Waals surface area (Å²) in [5, 5.41) is 4.75. The van der Waals surface area contributed by atoms with Crippen LogP contribution < -0.4 is 4.83 Å². The molecule has 0 aromatic heterocycles. The van der Waals surface area contributed by atoms with Gasteiger partial charge in [0.15, 0.2) is 0 Å². The van der Waals surface area contributed by atoms with Crippen molar-refractivity contribution in [3.8, 4) is 0 Å². The fraction of sp³-hybridized carbons (Fsp3) is 0.235. The largest absolute Gasteiger partial charge is 0.276 e. The number of hydrogen-bond donors (Lipinski definition) is 1. The summed E-state index contributed by atoms with van der Waals surface area (Å²) in [4.78, 5) is 2.50. The van der Waals surface area contributed by atoms with E-state index in [9.17, 15) is 8.42 Å². The summed E-state index contributed by atoms with van der Waals surface area (Å²) < 4.78 is 24.6. The van der Waals surface area contributed by atoms with E-state index in [-0.39, 0.29) is 10.8 Å². The first kappa shape index (κ1) is 17.5. The van der Waals surface area contributed by atoms with E-state index in [1.165, 1.54) is 0 Å². The number of rotatable bonds is 5. The minimum absolute atomic E-state index is 0.0527. The molecule has 0 saturated carbocycles. The van der Waals surface area contributed by atoms with E-state index < -0.39 is 10.0 Å². The zero-order valence-corrected chi connectivity index (χ0v) is 14.8. The van der Waals surface area contributed by atoms with Crippen LogP contribution in [-0.4, -0.2) is 14.1 Å². The average Bonchev–Trinajstić information content (AvgIpc) is 2.49. The Morgan fingerprint density at radius 2 is 1.61 bits per heavy atom. The van der Waals surface area contributed by atoms with Gasteiger partial charge in [-0.15, -0.1) is 0 Å². The lowest BCUT2D eigenvalue weighted by molar-refractivity contribution is 0.584. The quantitative estimate of drug-likeness (QED) is 0.654. The van der Waals surface area contributed by atoms with Gasteiger partial charge in [-0.1, -0.05) is 55.3 Å². The van der Waals surface area contributed by atoms with Gasteiger partial charge in [0.05, 0.1) is 10.6 Å². The minimum Gasteiger partial charge on any atom is -0.200 e. The summed E-state index contributed by atoms with van der Waals surface area (Å²) in [7, 11) is -3.69. The second-order valence-electron chi connectivity index (χ2n) is 5.57. The predicted octanol–water partition coefficient (Wildman–Crippen LogP) is 3.99. The molecule has 122 valence electrons. The molecule has 1 N–H and O–H groups in total. The maximum Gasteiger partial charge on any atom is 0.276 e. The van der Waals surface area contributed by atoms with Crippen LogP contribution in [0.3, 0.4) is 0 Å². The number of hydrazone groups is 1. The smallest absolute Gasteiger partial charge is 0.200 e. The highest BCUT2D eigenvalue weighted by Gasteiger charge is 2.15. The van der Waals surface area contributed by atoms with Gasteiger partial charge in [-0.2, -0.15) is 18.4 Å². The molecule has 2 aromatic carbocycles. The van der Waals surface area contributed by atoms with Gasteiger partial charge in [0, 0.05) is 5.02 Å². The van der Waals surface area contributed by atoms with Gasteiger partial charge < -0.3 is 0 Å². The predicted molar refractivity (Wildman–Crippen MR) is 94.3 cm³/mol. The molecule has 0 aliphatic heterocycles. The number of benzene rings is 2. The molecule has 0 amide bonds. The molecule has 2 rings (SSSR count). The Kier molecular flexibility index (Phi) is 5.44. The molecule has 0 heterocycles. The monoisotopic (exact) mass is 350 g/mol. The van der Waals surface area contributed by atoms with Crippen molar-refractivity contribution < 1.29 is 8.42 Å². The Balaban J connectivity index is 2.30. The maximum absolute atomic E-state index is 12.3. The van der Waals surface area contributed by atoms with E-state index in [2.05, 4.69) is 9.93 Å². The molecular formula is C17H19ClN2O2S. The molecule has 0 saturated heterocycles. The number of nitrogens with one attached hydrogen (secondary N) is 1. The van der Waals surface area contributed by atoms with Crippen molar-refractivity contribution >= 4 is 27.3 Å². The first-order chi connectivity index (χ1) is 10.8. The highest BCUT2D eigenvalue weighted by molar-refractivity contribution is 7.89. The highest BCUT2D eigenvalue weighted by Crippen LogP contribution is 2.15. The van der Waals surface area contributed by atoms with E-state index in [1.54, 1.807) is 36.4 Å². The first-order valence-corrected chi connectivity index (χ1v) is 9.08. The third kappa shape index (κ3) is 4.56. The van der Waals surface area contributed by atoms with E-state index in [0.29, 0.717) is 10.7 Å². The number of halogens is 1. The second kappa shape index (κ2) is 7.15. The van der Waals surface area contributed by atoms with Gasteiger partial charge in [-0.25, -0.2) is 0 Å². The standard InChI is InChI=1S/C17H19ClN2O2S/c1-12(2)17(14-6-8-15(18)9-7-14)19-20-23(21,22)16-10-4-13(3)5-11-16/h4-12,20H,1-3H3/b19-17+. The van der Waals surface area contributed by atoms with E-state index in [1.807, 2.05) is 32.9 Å². The molecule has 0 aliphatic rings.